The third-order valence-corrected chi connectivity index (χ3v) is 14.0. The van der Waals surface area contributed by atoms with Crippen molar-refractivity contribution in [3.05, 3.63) is 206 Å². The molecular formula is C59H56N8O16. The van der Waals surface area contributed by atoms with E-state index in [1.54, 1.807) is 22.8 Å². The lowest BCUT2D eigenvalue weighted by atomic mass is 9.77. The van der Waals surface area contributed by atoms with Gasteiger partial charge in [0.15, 0.2) is 18.0 Å². The Labute approximate surface area is 473 Å². The predicted octanol–water partition coefficient (Wildman–Crippen LogP) is 8.72. The molecule has 428 valence electrons. The van der Waals surface area contributed by atoms with Gasteiger partial charge in [0, 0.05) is 25.8 Å². The number of rotatable bonds is 24. The minimum Gasteiger partial charge on any atom is -0.465 e. The number of para-hydroxylation sites is 1. The van der Waals surface area contributed by atoms with Gasteiger partial charge in [-0.05, 0) is 75.7 Å². The second-order valence-electron chi connectivity index (χ2n) is 19.8. The number of hydrogen-bond acceptors (Lipinski definition) is 20. The van der Waals surface area contributed by atoms with Crippen molar-refractivity contribution < 1.29 is 67.4 Å². The Bertz CT molecular complexity index is 3490. The molecule has 2 aliphatic heterocycles. The number of benzene rings is 6. The maximum Gasteiger partial charge on any atom is 0.512 e. The monoisotopic (exact) mass is 1130 g/mol. The summed E-state index contributed by atoms with van der Waals surface area (Å²) in [6, 6.07) is 51.9. The summed E-state index contributed by atoms with van der Waals surface area (Å²) in [6.07, 6.45) is -6.31. The lowest BCUT2D eigenvalue weighted by Gasteiger charge is -2.36. The van der Waals surface area contributed by atoms with E-state index in [1.807, 2.05) is 115 Å². The first kappa shape index (κ1) is 56.5. The first-order valence-corrected chi connectivity index (χ1v) is 26.6. The fourth-order valence-electron chi connectivity index (χ4n) is 10.5. The van der Waals surface area contributed by atoms with Gasteiger partial charge in [-0.15, -0.1) is 25.3 Å². The van der Waals surface area contributed by atoms with E-state index in [0.29, 0.717) is 16.9 Å². The summed E-state index contributed by atoms with van der Waals surface area (Å²) in [5.41, 5.74) is 6.37. The summed E-state index contributed by atoms with van der Waals surface area (Å²) < 4.78 is 43.8. The summed E-state index contributed by atoms with van der Waals surface area (Å²) >= 11 is 0. The van der Waals surface area contributed by atoms with Crippen LogP contribution in [0.4, 0.5) is 4.79 Å². The molecule has 0 amide bonds. The van der Waals surface area contributed by atoms with Gasteiger partial charge >= 0.3 is 18.1 Å². The molecule has 83 heavy (non-hydrogen) atoms. The van der Waals surface area contributed by atoms with E-state index in [9.17, 15) is 34.6 Å². The van der Waals surface area contributed by atoms with E-state index < -0.39 is 76.7 Å². The van der Waals surface area contributed by atoms with Crippen molar-refractivity contribution in [2.24, 2.45) is 0 Å². The zero-order valence-electron chi connectivity index (χ0n) is 45.2. The van der Waals surface area contributed by atoms with Crippen LogP contribution in [0.2, 0.25) is 0 Å². The van der Waals surface area contributed by atoms with Gasteiger partial charge in [0.1, 0.15) is 30.5 Å². The molecular weight excluding hydrogens is 1080 g/mol. The van der Waals surface area contributed by atoms with Crippen LogP contribution in [0, 0.1) is 20.2 Å². The standard InChI is InChI=1S/C59H56N8O16/c1-4-75-56-60-47-28-17-27-46(55(69)81-58(2,3)82-57(70)80-49-37-77-52-48(36-76-53(49)52)79-50(68)29-16-24-43(83-67(73)74)35-78-66(71)72)51(47)64(56)34-38-30-32-39(33-31-38)44-25-14-15-26-45(44)54-61-62-63-65(54)59(40-18-8-5-9-19-40,41-20-10-6-11-21-41)42-22-12-7-13-23-42/h5-15,17-23,25-28,30-33,43,48-49,52-53H,4,16,24,29,34-37H2,1-3H3/t43?,48-,49-,52+,53-/m1/s1. The molecule has 5 atom stereocenters. The van der Waals surface area contributed by atoms with Crippen LogP contribution in [0.5, 0.6) is 6.01 Å². The Morgan fingerprint density at radius 2 is 1.33 bits per heavy atom. The van der Waals surface area contributed by atoms with Crippen molar-refractivity contribution in [3.8, 4) is 28.5 Å². The highest BCUT2D eigenvalue weighted by atomic mass is 17.0. The van der Waals surface area contributed by atoms with E-state index in [4.69, 9.17) is 48.5 Å². The Hall–Kier alpha value is -9.81. The number of fused-ring (bicyclic) bond motifs is 2. The van der Waals surface area contributed by atoms with E-state index in [-0.39, 0.29) is 57.2 Å². The molecule has 6 aromatic carbocycles. The molecule has 10 rings (SSSR count). The van der Waals surface area contributed by atoms with E-state index in [1.165, 1.54) is 13.8 Å². The van der Waals surface area contributed by atoms with Crippen LogP contribution in [0.15, 0.2) is 158 Å². The number of carbonyl (C=O) groups is 3. The molecule has 1 unspecified atom stereocenters. The van der Waals surface area contributed by atoms with Crippen molar-refractivity contribution >= 4 is 29.1 Å². The SMILES string of the molecule is CCOc1nc2cccc(C(=O)OC(C)(C)OC(=O)O[C@@H]3CO[C@@H]4[C@@H]3OC[C@H]4OC(=O)CCCC(CO[N+](=O)[O-])O[N+](=O)[O-])c2n1Cc1ccc(-c2ccccc2-c2nnnn2C(c2ccccc2)(c2ccccc2)c2ccccc2)cc1. The number of esters is 2. The van der Waals surface area contributed by atoms with Crippen molar-refractivity contribution in [1.29, 1.82) is 0 Å². The summed E-state index contributed by atoms with van der Waals surface area (Å²) in [4.78, 5) is 74.8. The van der Waals surface area contributed by atoms with Gasteiger partial charge < -0.3 is 42.8 Å². The van der Waals surface area contributed by atoms with Gasteiger partial charge in [-0.2, -0.15) is 4.98 Å². The van der Waals surface area contributed by atoms with Gasteiger partial charge in [-0.3, -0.25) is 9.36 Å². The van der Waals surface area contributed by atoms with Gasteiger partial charge in [-0.25, -0.2) is 14.3 Å². The predicted molar refractivity (Wildman–Crippen MR) is 292 cm³/mol. The van der Waals surface area contributed by atoms with Crippen molar-refractivity contribution in [3.63, 3.8) is 0 Å². The van der Waals surface area contributed by atoms with Crippen LogP contribution >= 0.6 is 0 Å². The molecule has 2 saturated heterocycles. The minimum atomic E-state index is -1.86. The maximum atomic E-state index is 14.2. The molecule has 2 fully saturated rings. The number of aromatic nitrogens is 6. The molecule has 24 heteroatoms. The van der Waals surface area contributed by atoms with Crippen LogP contribution < -0.4 is 4.74 Å². The number of tetrazole rings is 1. The van der Waals surface area contributed by atoms with Gasteiger partial charge in [0.05, 0.1) is 43.0 Å². The Kier molecular flexibility index (Phi) is 16.9. The molecule has 4 heterocycles. The molecule has 0 saturated carbocycles. The third kappa shape index (κ3) is 12.4. The fraction of sp³-hybridized carbons (Fsp3) is 0.305. The Morgan fingerprint density at radius 3 is 1.93 bits per heavy atom. The first-order chi connectivity index (χ1) is 40.2. The zero-order valence-corrected chi connectivity index (χ0v) is 45.2. The van der Waals surface area contributed by atoms with Crippen LogP contribution in [0.25, 0.3) is 33.5 Å². The highest BCUT2D eigenvalue weighted by Crippen LogP contribution is 2.44. The van der Waals surface area contributed by atoms with Crippen LogP contribution in [0.1, 0.15) is 72.6 Å². The highest BCUT2D eigenvalue weighted by Gasteiger charge is 2.52. The topological polar surface area (TPSA) is 282 Å². The summed E-state index contributed by atoms with van der Waals surface area (Å²) in [7, 11) is 0. The lowest BCUT2D eigenvalue weighted by Crippen LogP contribution is -2.39. The van der Waals surface area contributed by atoms with Gasteiger partial charge in [-0.1, -0.05) is 146 Å². The maximum absolute atomic E-state index is 14.2. The number of ether oxygens (including phenoxy) is 7. The second kappa shape index (κ2) is 24.9. The summed E-state index contributed by atoms with van der Waals surface area (Å²) in [5, 5.41) is 32.9. The minimum absolute atomic E-state index is 0.0221. The van der Waals surface area contributed by atoms with Crippen LogP contribution in [-0.4, -0.2) is 121 Å². The molecule has 0 N–H and O–H groups in total. The van der Waals surface area contributed by atoms with E-state index in [2.05, 4.69) is 51.3 Å². The van der Waals surface area contributed by atoms with E-state index >= 15 is 0 Å². The number of hydrogen-bond donors (Lipinski definition) is 0. The molecule has 0 aliphatic carbocycles. The average molecular weight is 1130 g/mol. The number of imidazole rings is 1. The quantitative estimate of drug-likeness (QED) is 0.0136. The molecule has 0 bridgehead atoms. The largest absolute Gasteiger partial charge is 0.512 e. The molecule has 8 aromatic rings. The molecule has 24 nitrogen and oxygen atoms in total. The normalized spacial score (nSPS) is 17.0. The number of nitrogens with zero attached hydrogens (tertiary/aromatic N) is 8. The van der Waals surface area contributed by atoms with Gasteiger partial charge in [0.25, 0.3) is 22.0 Å². The highest BCUT2D eigenvalue weighted by molar-refractivity contribution is 6.02. The smallest absolute Gasteiger partial charge is 0.465 e. The number of carbonyl (C=O) groups excluding carboxylic acids is 3. The second-order valence-corrected chi connectivity index (χ2v) is 19.8. The van der Waals surface area contributed by atoms with E-state index in [0.717, 1.165) is 38.9 Å². The third-order valence-electron chi connectivity index (χ3n) is 14.0. The fourth-order valence-corrected chi connectivity index (χ4v) is 10.5. The summed E-state index contributed by atoms with van der Waals surface area (Å²) in [6.45, 7) is 4.16. The Morgan fingerprint density at radius 1 is 0.723 bits per heavy atom. The Balaban J connectivity index is 0.821. The zero-order chi connectivity index (χ0) is 58.1. The summed E-state index contributed by atoms with van der Waals surface area (Å²) in [5.74, 6) is -2.84. The van der Waals surface area contributed by atoms with Crippen LogP contribution in [0.3, 0.4) is 0 Å². The first-order valence-electron chi connectivity index (χ1n) is 26.6. The lowest BCUT2D eigenvalue weighted by molar-refractivity contribution is -0.790. The molecule has 0 radical (unpaired) electrons. The average Bonchev–Trinajstić information content (AvgIpc) is 2.43. The molecule has 2 aromatic heterocycles. The van der Waals surface area contributed by atoms with Gasteiger partial charge in [0.2, 0.25) is 0 Å². The van der Waals surface area contributed by atoms with Crippen LogP contribution in [-0.2, 0) is 55.0 Å². The van der Waals surface area contributed by atoms with Crippen molar-refractivity contribution in [2.45, 2.75) is 88.4 Å². The molecule has 2 aliphatic rings. The van der Waals surface area contributed by atoms with Crippen molar-refractivity contribution in [1.82, 2.24) is 29.8 Å². The van der Waals surface area contributed by atoms with Crippen molar-refractivity contribution in [2.75, 3.05) is 26.4 Å². The molecule has 0 spiro atoms.